The Morgan fingerprint density at radius 1 is 1.19 bits per heavy atom. The molecule has 0 fully saturated rings. The van der Waals surface area contributed by atoms with Crippen LogP contribution in [0.15, 0.2) is 42.5 Å². The van der Waals surface area contributed by atoms with E-state index in [1.54, 1.807) is 6.07 Å². The van der Waals surface area contributed by atoms with Crippen LogP contribution in [-0.4, -0.2) is 16.4 Å². The summed E-state index contributed by atoms with van der Waals surface area (Å²) in [5.74, 6) is -0.422. The number of nitrogens with two attached hydrogens (primary N) is 1. The highest BCUT2D eigenvalue weighted by Crippen LogP contribution is 2.34. The molecular formula is C20H19ClN2O3. The zero-order valence-corrected chi connectivity index (χ0v) is 15.3. The van der Waals surface area contributed by atoms with Crippen molar-refractivity contribution in [2.75, 3.05) is 0 Å². The molecular weight excluding hydrogens is 352 g/mol. The highest BCUT2D eigenvalue weighted by molar-refractivity contribution is 6.30. The molecule has 0 aliphatic heterocycles. The summed E-state index contributed by atoms with van der Waals surface area (Å²) in [6.07, 6.45) is 0.0726. The predicted molar refractivity (Wildman–Crippen MR) is 101 cm³/mol. The Balaban J connectivity index is 2.21. The highest BCUT2D eigenvalue weighted by Gasteiger charge is 2.20. The first kappa shape index (κ1) is 18.0. The van der Waals surface area contributed by atoms with Crippen LogP contribution in [0.4, 0.5) is 0 Å². The molecule has 0 spiro atoms. The quantitative estimate of drug-likeness (QED) is 0.550. The number of carbonyl (C=O) groups is 2. The van der Waals surface area contributed by atoms with Gasteiger partial charge in [0.1, 0.15) is 5.75 Å². The topological polar surface area (TPSA) is 74.3 Å². The van der Waals surface area contributed by atoms with E-state index in [-0.39, 0.29) is 6.42 Å². The summed E-state index contributed by atoms with van der Waals surface area (Å²) < 4.78 is 7.44. The van der Waals surface area contributed by atoms with Crippen LogP contribution in [0.3, 0.4) is 0 Å². The van der Waals surface area contributed by atoms with Gasteiger partial charge in [0.2, 0.25) is 5.91 Å². The molecule has 3 rings (SSSR count). The maximum atomic E-state index is 11.6. The van der Waals surface area contributed by atoms with E-state index in [0.29, 0.717) is 17.3 Å². The largest absolute Gasteiger partial charge is 0.426 e. The van der Waals surface area contributed by atoms with E-state index in [0.717, 1.165) is 27.7 Å². The predicted octanol–water partition coefficient (Wildman–Crippen LogP) is 3.60. The van der Waals surface area contributed by atoms with Gasteiger partial charge in [-0.15, -0.1) is 0 Å². The van der Waals surface area contributed by atoms with E-state index in [9.17, 15) is 9.59 Å². The molecule has 1 aromatic heterocycles. The molecule has 26 heavy (non-hydrogen) atoms. The molecule has 0 aliphatic carbocycles. The summed E-state index contributed by atoms with van der Waals surface area (Å²) in [7, 11) is 0. The normalized spacial score (nSPS) is 10.9. The molecule has 0 saturated heterocycles. The van der Waals surface area contributed by atoms with Gasteiger partial charge in [-0.05, 0) is 42.3 Å². The first-order valence-corrected chi connectivity index (χ1v) is 8.56. The monoisotopic (exact) mass is 370 g/mol. The van der Waals surface area contributed by atoms with Gasteiger partial charge in [0.05, 0.1) is 11.9 Å². The number of primary amides is 1. The van der Waals surface area contributed by atoms with Crippen LogP contribution in [0.5, 0.6) is 5.75 Å². The lowest BCUT2D eigenvalue weighted by atomic mass is 10.1. The lowest BCUT2D eigenvalue weighted by Crippen LogP contribution is -2.14. The number of ether oxygens (including phenoxy) is 1. The number of hydrogen-bond donors (Lipinski definition) is 1. The number of fused-ring (bicyclic) bond motifs is 1. The molecule has 2 aromatic carbocycles. The molecule has 5 nitrogen and oxygen atoms in total. The summed E-state index contributed by atoms with van der Waals surface area (Å²) in [4.78, 5) is 23.1. The van der Waals surface area contributed by atoms with E-state index in [4.69, 9.17) is 22.1 Å². The van der Waals surface area contributed by atoms with Gasteiger partial charge in [-0.2, -0.15) is 0 Å². The summed E-state index contributed by atoms with van der Waals surface area (Å²) in [6.45, 7) is 3.86. The zero-order chi connectivity index (χ0) is 18.8. The maximum absolute atomic E-state index is 11.6. The van der Waals surface area contributed by atoms with E-state index in [1.165, 1.54) is 6.92 Å². The third kappa shape index (κ3) is 3.58. The van der Waals surface area contributed by atoms with Crippen LogP contribution >= 0.6 is 11.6 Å². The Labute approximate surface area is 156 Å². The second-order valence-corrected chi connectivity index (χ2v) is 6.60. The molecule has 1 heterocycles. The Morgan fingerprint density at radius 3 is 2.58 bits per heavy atom. The fourth-order valence-corrected chi connectivity index (χ4v) is 3.44. The molecule has 2 N–H and O–H groups in total. The zero-order valence-electron chi connectivity index (χ0n) is 14.6. The standard InChI is InChI=1S/C20H19ClN2O3/c1-12-16(10-19(22)25)20-17(7-4-8-18(20)26-13(2)24)23(12)11-14-5-3-6-15(21)9-14/h3-9H,10-11H2,1-2H3,(H2,22,25). The number of aromatic nitrogens is 1. The third-order valence-corrected chi connectivity index (χ3v) is 4.51. The van der Waals surface area contributed by atoms with E-state index in [2.05, 4.69) is 4.57 Å². The van der Waals surface area contributed by atoms with Crippen LogP contribution in [0.25, 0.3) is 10.9 Å². The Bertz CT molecular complexity index is 1010. The van der Waals surface area contributed by atoms with E-state index >= 15 is 0 Å². The second kappa shape index (κ2) is 7.22. The molecule has 0 saturated carbocycles. The van der Waals surface area contributed by atoms with Crippen molar-refractivity contribution in [3.8, 4) is 5.75 Å². The minimum atomic E-state index is -0.437. The van der Waals surface area contributed by atoms with Gasteiger partial charge in [-0.25, -0.2) is 0 Å². The van der Waals surface area contributed by atoms with Crippen molar-refractivity contribution in [3.05, 3.63) is 64.3 Å². The van der Waals surface area contributed by atoms with Crippen LogP contribution in [0, 0.1) is 6.92 Å². The number of rotatable bonds is 5. The van der Waals surface area contributed by atoms with Crippen molar-refractivity contribution in [2.45, 2.75) is 26.8 Å². The van der Waals surface area contributed by atoms with Crippen LogP contribution in [-0.2, 0) is 22.6 Å². The fourth-order valence-electron chi connectivity index (χ4n) is 3.22. The maximum Gasteiger partial charge on any atom is 0.308 e. The van der Waals surface area contributed by atoms with E-state index in [1.807, 2.05) is 43.3 Å². The second-order valence-electron chi connectivity index (χ2n) is 6.17. The lowest BCUT2D eigenvalue weighted by molar-refractivity contribution is -0.131. The van der Waals surface area contributed by atoms with Crippen molar-refractivity contribution in [3.63, 3.8) is 0 Å². The third-order valence-electron chi connectivity index (χ3n) is 4.27. The van der Waals surface area contributed by atoms with Gasteiger partial charge in [0, 0.05) is 29.6 Å². The molecule has 0 unspecified atom stereocenters. The fraction of sp³-hybridized carbons (Fsp3) is 0.200. The number of amides is 1. The molecule has 0 radical (unpaired) electrons. The van der Waals surface area contributed by atoms with Crippen molar-refractivity contribution in [1.29, 1.82) is 0 Å². The van der Waals surface area contributed by atoms with Crippen molar-refractivity contribution in [2.24, 2.45) is 5.73 Å². The average molecular weight is 371 g/mol. The van der Waals surface area contributed by atoms with Crippen molar-refractivity contribution < 1.29 is 14.3 Å². The van der Waals surface area contributed by atoms with Crippen molar-refractivity contribution >= 4 is 34.4 Å². The molecule has 3 aromatic rings. The number of halogens is 1. The molecule has 6 heteroatoms. The van der Waals surface area contributed by atoms with Gasteiger partial charge in [-0.3, -0.25) is 9.59 Å². The van der Waals surface area contributed by atoms with Gasteiger partial charge in [0.25, 0.3) is 0 Å². The molecule has 0 bridgehead atoms. The molecule has 134 valence electrons. The summed E-state index contributed by atoms with van der Waals surface area (Å²) >= 11 is 6.10. The molecule has 0 aliphatic rings. The van der Waals surface area contributed by atoms with Crippen LogP contribution < -0.4 is 10.5 Å². The number of carbonyl (C=O) groups excluding carboxylic acids is 2. The van der Waals surface area contributed by atoms with Gasteiger partial charge in [0.15, 0.2) is 0 Å². The summed E-state index contributed by atoms with van der Waals surface area (Å²) in [6, 6.07) is 13.1. The average Bonchev–Trinajstić information content (AvgIpc) is 2.81. The SMILES string of the molecule is CC(=O)Oc1cccc2c1c(CC(N)=O)c(C)n2Cc1cccc(Cl)c1. The minimum Gasteiger partial charge on any atom is -0.426 e. The Morgan fingerprint density at radius 2 is 1.92 bits per heavy atom. The first-order chi connectivity index (χ1) is 12.4. The van der Waals surface area contributed by atoms with Gasteiger partial charge < -0.3 is 15.0 Å². The smallest absolute Gasteiger partial charge is 0.308 e. The number of esters is 1. The molecule has 1 amide bonds. The van der Waals surface area contributed by atoms with E-state index < -0.39 is 11.9 Å². The number of nitrogens with zero attached hydrogens (tertiary/aromatic N) is 1. The summed E-state index contributed by atoms with van der Waals surface area (Å²) in [5, 5.41) is 1.40. The van der Waals surface area contributed by atoms with Crippen LogP contribution in [0.1, 0.15) is 23.7 Å². The summed E-state index contributed by atoms with van der Waals surface area (Å²) in [5.41, 5.74) is 9.02. The van der Waals surface area contributed by atoms with Crippen molar-refractivity contribution in [1.82, 2.24) is 4.57 Å². The Kier molecular flexibility index (Phi) is 5.00. The Hall–Kier alpha value is -2.79. The lowest BCUT2D eigenvalue weighted by Gasteiger charge is -2.10. The van der Waals surface area contributed by atoms with Gasteiger partial charge >= 0.3 is 5.97 Å². The molecule has 0 atom stereocenters. The minimum absolute atomic E-state index is 0.0726. The number of benzene rings is 2. The number of hydrogen-bond acceptors (Lipinski definition) is 3. The van der Waals surface area contributed by atoms with Gasteiger partial charge in [-0.1, -0.05) is 29.8 Å². The first-order valence-electron chi connectivity index (χ1n) is 8.18. The van der Waals surface area contributed by atoms with Crippen LogP contribution in [0.2, 0.25) is 5.02 Å². The highest BCUT2D eigenvalue weighted by atomic mass is 35.5.